The third-order valence-electron chi connectivity index (χ3n) is 4.77. The van der Waals surface area contributed by atoms with Gasteiger partial charge in [-0.3, -0.25) is 4.90 Å². The Hall–Kier alpha value is -1.32. The molecule has 1 saturated heterocycles. The summed E-state index contributed by atoms with van der Waals surface area (Å²) in [5, 5.41) is 4.78. The van der Waals surface area contributed by atoms with Gasteiger partial charge in [0.15, 0.2) is 0 Å². The molecule has 1 aliphatic heterocycles. The molecule has 1 aromatic carbocycles. The minimum Gasteiger partial charge on any atom is -0.347 e. The highest BCUT2D eigenvalue weighted by molar-refractivity contribution is 5.83. The Bertz CT molecular complexity index is 585. The fourth-order valence-electron chi connectivity index (χ4n) is 3.66. The van der Waals surface area contributed by atoms with Crippen LogP contribution < -0.4 is 5.32 Å². The number of benzene rings is 1. The number of nitrogens with one attached hydrogen (secondary N) is 1. The van der Waals surface area contributed by atoms with Crippen LogP contribution in [0.3, 0.4) is 0 Å². The quantitative estimate of drug-likeness (QED) is 0.910. The lowest BCUT2D eigenvalue weighted by Crippen LogP contribution is -2.44. The Morgan fingerprint density at radius 3 is 2.90 bits per heavy atom. The molecule has 2 heterocycles. The van der Waals surface area contributed by atoms with Crippen molar-refractivity contribution in [3.05, 3.63) is 36.0 Å². The average Bonchev–Trinajstić information content (AvgIpc) is 2.88. The summed E-state index contributed by atoms with van der Waals surface area (Å²) in [5.41, 5.74) is 2.85. The van der Waals surface area contributed by atoms with Gasteiger partial charge in [0.2, 0.25) is 0 Å². The molecule has 0 aliphatic carbocycles. The summed E-state index contributed by atoms with van der Waals surface area (Å²) in [4.78, 5) is 2.67. The third kappa shape index (κ3) is 2.99. The molecule has 0 spiro atoms. The van der Waals surface area contributed by atoms with Crippen LogP contribution in [0.2, 0.25) is 0 Å². The Morgan fingerprint density at radius 2 is 2.10 bits per heavy atom. The van der Waals surface area contributed by atoms with E-state index < -0.39 is 0 Å². The van der Waals surface area contributed by atoms with Gasteiger partial charge in [-0.2, -0.15) is 0 Å². The summed E-state index contributed by atoms with van der Waals surface area (Å²) in [6, 6.07) is 9.50. The molecular weight excluding hydrogens is 258 g/mol. The normalized spacial score (nSPS) is 20.2. The van der Waals surface area contributed by atoms with Crippen molar-refractivity contribution in [1.82, 2.24) is 14.8 Å². The number of aromatic nitrogens is 1. The van der Waals surface area contributed by atoms with Gasteiger partial charge in [-0.1, -0.05) is 24.6 Å². The number of para-hydroxylation sites is 1. The Balaban J connectivity index is 1.86. The first-order chi connectivity index (χ1) is 10.3. The lowest BCUT2D eigenvalue weighted by molar-refractivity contribution is 0.140. The number of fused-ring (bicyclic) bond motifs is 1. The lowest BCUT2D eigenvalue weighted by atomic mass is 10.0. The molecule has 1 aromatic heterocycles. The van der Waals surface area contributed by atoms with E-state index in [0.717, 1.165) is 19.6 Å². The summed E-state index contributed by atoms with van der Waals surface area (Å²) in [6.07, 6.45) is 6.40. The number of likely N-dealkylation sites (N-methyl/N-ethyl adjacent to an activating group) is 1. The van der Waals surface area contributed by atoms with Crippen molar-refractivity contribution < 1.29 is 0 Å². The predicted molar refractivity (Wildman–Crippen MR) is 89.6 cm³/mol. The fraction of sp³-hybridized carbons (Fsp3) is 0.556. The third-order valence-corrected chi connectivity index (χ3v) is 4.77. The Labute approximate surface area is 127 Å². The van der Waals surface area contributed by atoms with E-state index >= 15 is 0 Å². The molecule has 3 rings (SSSR count). The number of hydrogen-bond donors (Lipinski definition) is 1. The van der Waals surface area contributed by atoms with Gasteiger partial charge in [0, 0.05) is 42.8 Å². The average molecular weight is 285 g/mol. The van der Waals surface area contributed by atoms with Crippen molar-refractivity contribution in [1.29, 1.82) is 0 Å². The van der Waals surface area contributed by atoms with E-state index in [1.165, 1.54) is 42.3 Å². The van der Waals surface area contributed by atoms with Crippen LogP contribution >= 0.6 is 0 Å². The van der Waals surface area contributed by atoms with E-state index in [2.05, 4.69) is 59.2 Å². The van der Waals surface area contributed by atoms with Gasteiger partial charge in [0.25, 0.3) is 0 Å². The SMILES string of the molecule is CCn1cc(CN2CCCCC2CNC)c2ccccc21. The van der Waals surface area contributed by atoms with E-state index in [0.29, 0.717) is 6.04 Å². The van der Waals surface area contributed by atoms with Crippen molar-refractivity contribution in [2.75, 3.05) is 20.1 Å². The van der Waals surface area contributed by atoms with Crippen molar-refractivity contribution >= 4 is 10.9 Å². The van der Waals surface area contributed by atoms with Crippen molar-refractivity contribution in [2.45, 2.75) is 45.3 Å². The summed E-state index contributed by atoms with van der Waals surface area (Å²) < 4.78 is 2.38. The summed E-state index contributed by atoms with van der Waals surface area (Å²) in [7, 11) is 2.07. The number of aryl methyl sites for hydroxylation is 1. The lowest BCUT2D eigenvalue weighted by Gasteiger charge is -2.35. The van der Waals surface area contributed by atoms with Crippen LogP contribution in [0.15, 0.2) is 30.5 Å². The first-order valence-corrected chi connectivity index (χ1v) is 8.29. The molecule has 1 atom stereocenters. The molecular formula is C18H27N3. The van der Waals surface area contributed by atoms with Gasteiger partial charge in [-0.05, 0) is 45.0 Å². The van der Waals surface area contributed by atoms with E-state index in [1.54, 1.807) is 0 Å². The number of likely N-dealkylation sites (tertiary alicyclic amines) is 1. The second-order valence-corrected chi connectivity index (χ2v) is 6.14. The van der Waals surface area contributed by atoms with Crippen molar-refractivity contribution in [2.24, 2.45) is 0 Å². The second-order valence-electron chi connectivity index (χ2n) is 6.14. The minimum absolute atomic E-state index is 0.687. The fourth-order valence-corrected chi connectivity index (χ4v) is 3.66. The molecule has 0 amide bonds. The van der Waals surface area contributed by atoms with Gasteiger partial charge in [0.1, 0.15) is 0 Å². The van der Waals surface area contributed by atoms with E-state index in [-0.39, 0.29) is 0 Å². The van der Waals surface area contributed by atoms with Crippen molar-refractivity contribution in [3.8, 4) is 0 Å². The first kappa shape index (κ1) is 14.6. The minimum atomic E-state index is 0.687. The highest BCUT2D eigenvalue weighted by Gasteiger charge is 2.22. The van der Waals surface area contributed by atoms with Crippen LogP contribution in [0.5, 0.6) is 0 Å². The Kier molecular flexibility index (Phi) is 4.61. The molecule has 1 aliphatic rings. The summed E-state index contributed by atoms with van der Waals surface area (Å²) in [6.45, 7) is 6.69. The molecule has 21 heavy (non-hydrogen) atoms. The number of nitrogens with zero attached hydrogens (tertiary/aromatic N) is 2. The van der Waals surface area contributed by atoms with E-state index in [9.17, 15) is 0 Å². The standard InChI is InChI=1S/C18H27N3/c1-3-20-13-15(17-9-4-5-10-18(17)20)14-21-11-7-6-8-16(21)12-19-2/h4-5,9-10,13,16,19H,3,6-8,11-12,14H2,1-2H3. The molecule has 2 aromatic rings. The molecule has 1 fully saturated rings. The first-order valence-electron chi connectivity index (χ1n) is 8.29. The monoisotopic (exact) mass is 285 g/mol. The van der Waals surface area contributed by atoms with Crippen LogP contribution in [0.4, 0.5) is 0 Å². The summed E-state index contributed by atoms with van der Waals surface area (Å²) >= 11 is 0. The molecule has 1 N–H and O–H groups in total. The zero-order chi connectivity index (χ0) is 14.7. The molecule has 0 bridgehead atoms. The second kappa shape index (κ2) is 6.63. The van der Waals surface area contributed by atoms with Crippen LogP contribution in [-0.2, 0) is 13.1 Å². The van der Waals surface area contributed by atoms with Gasteiger partial charge in [-0.25, -0.2) is 0 Å². The van der Waals surface area contributed by atoms with Crippen LogP contribution in [0, 0.1) is 0 Å². The number of rotatable bonds is 5. The zero-order valence-electron chi connectivity index (χ0n) is 13.3. The zero-order valence-corrected chi connectivity index (χ0v) is 13.3. The Morgan fingerprint density at radius 1 is 1.24 bits per heavy atom. The van der Waals surface area contributed by atoms with Gasteiger partial charge in [0.05, 0.1) is 0 Å². The van der Waals surface area contributed by atoms with E-state index in [1.807, 2.05) is 0 Å². The summed E-state index contributed by atoms with van der Waals surface area (Å²) in [5.74, 6) is 0. The van der Waals surface area contributed by atoms with E-state index in [4.69, 9.17) is 0 Å². The number of piperidine rings is 1. The maximum absolute atomic E-state index is 3.36. The van der Waals surface area contributed by atoms with Crippen LogP contribution in [0.25, 0.3) is 10.9 Å². The molecule has 3 heteroatoms. The molecule has 114 valence electrons. The number of hydrogen-bond acceptors (Lipinski definition) is 2. The molecule has 3 nitrogen and oxygen atoms in total. The molecule has 1 unspecified atom stereocenters. The highest BCUT2D eigenvalue weighted by Crippen LogP contribution is 2.25. The smallest absolute Gasteiger partial charge is 0.0483 e. The predicted octanol–water partition coefficient (Wildman–Crippen LogP) is 3.24. The molecule has 0 radical (unpaired) electrons. The topological polar surface area (TPSA) is 20.2 Å². The van der Waals surface area contributed by atoms with Gasteiger partial charge < -0.3 is 9.88 Å². The molecule has 0 saturated carbocycles. The van der Waals surface area contributed by atoms with Gasteiger partial charge >= 0.3 is 0 Å². The largest absolute Gasteiger partial charge is 0.347 e. The van der Waals surface area contributed by atoms with Crippen molar-refractivity contribution in [3.63, 3.8) is 0 Å². The van der Waals surface area contributed by atoms with Crippen LogP contribution in [0.1, 0.15) is 31.7 Å². The van der Waals surface area contributed by atoms with Crippen LogP contribution in [-0.4, -0.2) is 35.6 Å². The highest BCUT2D eigenvalue weighted by atomic mass is 15.2. The maximum Gasteiger partial charge on any atom is 0.0483 e. The van der Waals surface area contributed by atoms with Gasteiger partial charge in [-0.15, -0.1) is 0 Å². The maximum atomic E-state index is 3.36.